The van der Waals surface area contributed by atoms with Crippen molar-refractivity contribution in [1.82, 2.24) is 0 Å². The van der Waals surface area contributed by atoms with Crippen LogP contribution in [-0.2, 0) is 20.4 Å². The van der Waals surface area contributed by atoms with Crippen molar-refractivity contribution in [1.29, 1.82) is 0 Å². The number of anilines is 1. The Kier molecular flexibility index (Phi) is 6.55. The molecule has 1 fully saturated rings. The molecule has 127 valence electrons. The van der Waals surface area contributed by atoms with Crippen LogP contribution in [0.3, 0.4) is 0 Å². The van der Waals surface area contributed by atoms with E-state index in [9.17, 15) is 8.78 Å². The first-order valence-electron chi connectivity index (χ1n) is 8.34. The molecule has 0 aromatic heterocycles. The third-order valence-electron chi connectivity index (χ3n) is 5.05. The van der Waals surface area contributed by atoms with Crippen LogP contribution < -0.4 is 8.77 Å². The summed E-state index contributed by atoms with van der Waals surface area (Å²) >= 11 is 7.86. The molecule has 5 heteroatoms. The van der Waals surface area contributed by atoms with Gasteiger partial charge in [-0.3, -0.25) is 0 Å². The Hall–Kier alpha value is -0.116. The van der Waals surface area contributed by atoms with Gasteiger partial charge in [0.2, 0.25) is 0 Å². The Morgan fingerprint density at radius 1 is 1.26 bits per heavy atom. The number of hydrogen-bond donors (Lipinski definition) is 0. The van der Waals surface area contributed by atoms with E-state index in [1.165, 1.54) is 45.8 Å². The van der Waals surface area contributed by atoms with E-state index in [1.807, 2.05) is 6.92 Å². The van der Waals surface area contributed by atoms with Gasteiger partial charge in [-0.2, -0.15) is 0 Å². The van der Waals surface area contributed by atoms with Crippen LogP contribution in [0.15, 0.2) is 12.1 Å². The number of hydrogen-bond acceptors (Lipinski definition) is 1. The van der Waals surface area contributed by atoms with Gasteiger partial charge in [0, 0.05) is 0 Å². The van der Waals surface area contributed by atoms with Gasteiger partial charge in [-0.1, -0.05) is 0 Å². The fourth-order valence-corrected chi connectivity index (χ4v) is 3.53. The van der Waals surface area contributed by atoms with Gasteiger partial charge in [-0.05, 0) is 0 Å². The zero-order valence-corrected chi connectivity index (χ0v) is 16.5. The van der Waals surface area contributed by atoms with E-state index < -0.39 is 11.6 Å². The molecule has 0 aliphatic heterocycles. The van der Waals surface area contributed by atoms with Gasteiger partial charge in [-0.25, -0.2) is 0 Å². The van der Waals surface area contributed by atoms with E-state index in [1.54, 1.807) is 6.07 Å². The summed E-state index contributed by atoms with van der Waals surface area (Å²) < 4.78 is 28.5. The van der Waals surface area contributed by atoms with Gasteiger partial charge < -0.3 is 0 Å². The third-order valence-corrected chi connectivity index (χ3v) is 6.36. The second-order valence-electron chi connectivity index (χ2n) is 7.28. The van der Waals surface area contributed by atoms with Gasteiger partial charge in [0.05, 0.1) is 0 Å². The molecule has 1 atom stereocenters. The summed E-state index contributed by atoms with van der Waals surface area (Å²) in [6, 6.07) is 3.26. The maximum atomic E-state index is 14.7. The van der Waals surface area contributed by atoms with Crippen molar-refractivity contribution >= 4 is 21.2 Å². The number of benzene rings is 1. The predicted octanol–water partition coefficient (Wildman–Crippen LogP) is 4.93. The number of alkyl halides is 1. The third kappa shape index (κ3) is 4.49. The Morgan fingerprint density at radius 3 is 2.43 bits per heavy atom. The molecule has 0 bridgehead atoms. The molecule has 1 aromatic rings. The molecule has 0 N–H and O–H groups in total. The Bertz CT molecular complexity index is 542. The molecule has 1 aromatic carbocycles. The molecule has 1 aliphatic carbocycles. The van der Waals surface area contributed by atoms with Crippen molar-refractivity contribution < 1.29 is 29.2 Å². The van der Waals surface area contributed by atoms with Crippen molar-refractivity contribution in [2.45, 2.75) is 64.3 Å². The summed E-state index contributed by atoms with van der Waals surface area (Å²) in [6.45, 7) is 6.86. The molecule has 2 rings (SSSR count). The predicted molar refractivity (Wildman–Crippen MR) is 89.3 cm³/mol. The van der Waals surface area contributed by atoms with Crippen molar-refractivity contribution in [2.24, 2.45) is 5.41 Å². The summed E-state index contributed by atoms with van der Waals surface area (Å²) in [6.07, 6.45) is 5.69. The molecule has 0 amide bonds. The molecular formula is C18H25ClF2NTi. The first-order chi connectivity index (χ1) is 10.7. The summed E-state index contributed by atoms with van der Waals surface area (Å²) in [4.78, 5) is 2.14. The zero-order valence-electron chi connectivity index (χ0n) is 14.1. The quantitative estimate of drug-likeness (QED) is 0.520. The number of nitrogens with zero attached hydrogens (tertiary/aromatic N) is 1. The van der Waals surface area contributed by atoms with Gasteiger partial charge in [0.15, 0.2) is 0 Å². The average molecular weight is 377 g/mol. The van der Waals surface area contributed by atoms with Crippen LogP contribution in [0.25, 0.3) is 0 Å². The summed E-state index contributed by atoms with van der Waals surface area (Å²) in [5, 5.41) is -0.0294. The molecule has 1 aliphatic rings. The van der Waals surface area contributed by atoms with Crippen LogP contribution >= 0.6 is 11.6 Å². The van der Waals surface area contributed by atoms with Crippen molar-refractivity contribution in [3.05, 3.63) is 23.8 Å². The monoisotopic (exact) mass is 376 g/mol. The minimum atomic E-state index is -0.486. The van der Waals surface area contributed by atoms with Gasteiger partial charge >= 0.3 is 155 Å². The Labute approximate surface area is 155 Å². The summed E-state index contributed by atoms with van der Waals surface area (Å²) in [5.74, 6) is -0.923. The fraction of sp³-hybridized carbons (Fsp3) is 0.667. The van der Waals surface area contributed by atoms with Crippen LogP contribution in [0.5, 0.6) is 0 Å². The summed E-state index contributed by atoms with van der Waals surface area (Å²) in [5.41, 5.74) is 0.356. The summed E-state index contributed by atoms with van der Waals surface area (Å²) in [7, 11) is 0. The minimum absolute atomic E-state index is 0.0294. The number of rotatable bonds is 5. The van der Waals surface area contributed by atoms with E-state index in [0.29, 0.717) is 18.3 Å². The van der Waals surface area contributed by atoms with Crippen molar-refractivity contribution in [3.63, 3.8) is 0 Å². The van der Waals surface area contributed by atoms with Crippen LogP contribution in [0.2, 0.25) is 0 Å². The second-order valence-corrected chi connectivity index (χ2v) is 8.72. The molecular weight excluding hydrogens is 352 g/mol. The SMILES string of the molecule is CC(Cl)C(C)(C)CN(c1ccc(F)[c]([Ti])c1F)C1CCCCC1. The van der Waals surface area contributed by atoms with E-state index in [-0.39, 0.29) is 14.7 Å². The standard InChI is InChI=1S/C18H25ClF2N.Ti/c1-13(19)18(2,3)12-22(15-7-5-4-6-8-15)17-10-9-14(20)11-16(17)21;/h9-10,13,15H,4-8,12H2,1-3H3;. The molecule has 1 nitrogen and oxygen atoms in total. The molecule has 0 heterocycles. The van der Waals surface area contributed by atoms with E-state index in [0.717, 1.165) is 12.8 Å². The second kappa shape index (κ2) is 7.84. The number of halogens is 3. The van der Waals surface area contributed by atoms with Crippen molar-refractivity contribution in [3.8, 4) is 0 Å². The van der Waals surface area contributed by atoms with Gasteiger partial charge in [-0.15, -0.1) is 0 Å². The first-order valence-corrected chi connectivity index (χ1v) is 9.56. The van der Waals surface area contributed by atoms with E-state index >= 15 is 0 Å². The maximum absolute atomic E-state index is 14.7. The Morgan fingerprint density at radius 2 is 1.87 bits per heavy atom. The molecule has 1 saturated carbocycles. The van der Waals surface area contributed by atoms with Gasteiger partial charge in [0.1, 0.15) is 0 Å². The van der Waals surface area contributed by atoms with E-state index in [4.69, 9.17) is 11.6 Å². The van der Waals surface area contributed by atoms with Crippen LogP contribution in [0.4, 0.5) is 14.5 Å². The molecule has 0 spiro atoms. The molecule has 23 heavy (non-hydrogen) atoms. The van der Waals surface area contributed by atoms with Crippen LogP contribution in [0, 0.1) is 17.0 Å². The molecule has 0 saturated heterocycles. The average Bonchev–Trinajstić information content (AvgIpc) is 2.52. The molecule has 0 radical (unpaired) electrons. The van der Waals surface area contributed by atoms with Crippen LogP contribution in [-0.4, -0.2) is 18.0 Å². The van der Waals surface area contributed by atoms with E-state index in [2.05, 4.69) is 18.7 Å². The van der Waals surface area contributed by atoms with Gasteiger partial charge in [0.25, 0.3) is 0 Å². The Balaban J connectivity index is 2.39. The zero-order chi connectivity index (χ0) is 17.2. The molecule has 1 unspecified atom stereocenters. The van der Waals surface area contributed by atoms with Crippen molar-refractivity contribution in [2.75, 3.05) is 11.4 Å². The normalized spacial score (nSPS) is 18.0. The topological polar surface area (TPSA) is 3.24 Å². The first kappa shape index (κ1) is 19.2. The fourth-order valence-electron chi connectivity index (χ4n) is 3.13. The van der Waals surface area contributed by atoms with Crippen LogP contribution in [0.1, 0.15) is 52.9 Å².